The maximum Gasteiger partial charge on any atom is 0.501 e. The fourth-order valence-electron chi connectivity index (χ4n) is 2.46. The second-order valence-electron chi connectivity index (χ2n) is 8.91. The third kappa shape index (κ3) is 13.8. The van der Waals surface area contributed by atoms with E-state index in [9.17, 15) is 0 Å². The van der Waals surface area contributed by atoms with Crippen LogP contribution in [0.15, 0.2) is 0 Å². The number of hydrogen-bond acceptors (Lipinski definition) is 5. The molecule has 1 atom stereocenters. The van der Waals surface area contributed by atoms with E-state index in [0.717, 1.165) is 38.3 Å². The molecule has 1 rings (SSSR count). The zero-order valence-corrected chi connectivity index (χ0v) is 19.6. The summed E-state index contributed by atoms with van der Waals surface area (Å²) in [7, 11) is -2.67. The van der Waals surface area contributed by atoms with Crippen LogP contribution in [0.1, 0.15) is 67.2 Å². The molecular weight excluding hydrogens is 360 g/mol. The van der Waals surface area contributed by atoms with Gasteiger partial charge in [-0.1, -0.05) is 41.5 Å². The fourth-order valence-corrected chi connectivity index (χ4v) is 5.01. The second-order valence-corrected chi connectivity index (χ2v) is 11.6. The van der Waals surface area contributed by atoms with Gasteiger partial charge in [-0.25, -0.2) is 0 Å². The van der Waals surface area contributed by atoms with Gasteiger partial charge >= 0.3 is 8.80 Å². The lowest BCUT2D eigenvalue weighted by Gasteiger charge is -2.31. The normalized spacial score (nSPS) is 17.4. The van der Waals surface area contributed by atoms with E-state index in [1.165, 1.54) is 0 Å². The Hall–Kier alpha value is 0.0169. The van der Waals surface area contributed by atoms with E-state index in [-0.39, 0.29) is 0 Å². The van der Waals surface area contributed by atoms with Crippen LogP contribution in [-0.4, -0.2) is 54.5 Å². The molecule has 6 heteroatoms. The van der Waals surface area contributed by atoms with Crippen LogP contribution in [0.25, 0.3) is 0 Å². The maximum absolute atomic E-state index is 6.36. The molecule has 0 spiro atoms. The van der Waals surface area contributed by atoms with Gasteiger partial charge in [-0.3, -0.25) is 0 Å². The van der Waals surface area contributed by atoms with E-state index in [4.69, 9.17) is 22.8 Å². The first-order valence-corrected chi connectivity index (χ1v) is 12.9. The Morgan fingerprint density at radius 3 is 1.59 bits per heavy atom. The summed E-state index contributed by atoms with van der Waals surface area (Å²) in [6, 6.07) is 0.826. The summed E-state index contributed by atoms with van der Waals surface area (Å²) in [6.07, 6.45) is 4.32. The minimum absolute atomic E-state index is 0.318. The first kappa shape index (κ1) is 25.1. The van der Waals surface area contributed by atoms with Crippen LogP contribution < -0.4 is 0 Å². The summed E-state index contributed by atoms with van der Waals surface area (Å²) in [5.74, 6) is 1.85. The van der Waals surface area contributed by atoms with Gasteiger partial charge in [0.05, 0.1) is 13.2 Å². The first-order valence-electron chi connectivity index (χ1n) is 10.9. The van der Waals surface area contributed by atoms with Crippen molar-refractivity contribution in [3.63, 3.8) is 0 Å². The predicted molar refractivity (Wildman–Crippen MR) is 112 cm³/mol. The summed E-state index contributed by atoms with van der Waals surface area (Å²) in [5, 5.41) is 0. The van der Waals surface area contributed by atoms with Crippen LogP contribution in [-0.2, 0) is 22.8 Å². The van der Waals surface area contributed by atoms with Gasteiger partial charge in [0, 0.05) is 32.5 Å². The van der Waals surface area contributed by atoms with E-state index in [0.29, 0.717) is 56.9 Å². The summed E-state index contributed by atoms with van der Waals surface area (Å²) in [6.45, 7) is 17.7. The second kappa shape index (κ2) is 14.1. The van der Waals surface area contributed by atoms with E-state index < -0.39 is 8.80 Å². The molecule has 1 unspecified atom stereocenters. The molecular formula is C21H44O5Si. The van der Waals surface area contributed by atoms with Crippen LogP contribution in [0.3, 0.4) is 0 Å². The molecule has 1 aliphatic heterocycles. The Morgan fingerprint density at radius 1 is 0.778 bits per heavy atom. The molecule has 27 heavy (non-hydrogen) atoms. The van der Waals surface area contributed by atoms with E-state index >= 15 is 0 Å². The summed E-state index contributed by atoms with van der Waals surface area (Å²) >= 11 is 0. The number of ether oxygens (including phenoxy) is 2. The average Bonchev–Trinajstić information content (AvgIpc) is 3.37. The van der Waals surface area contributed by atoms with Crippen molar-refractivity contribution in [3.8, 4) is 0 Å². The van der Waals surface area contributed by atoms with E-state index in [2.05, 4.69) is 41.5 Å². The van der Waals surface area contributed by atoms with Gasteiger partial charge < -0.3 is 22.8 Å². The Morgan fingerprint density at radius 2 is 1.22 bits per heavy atom. The molecule has 1 aliphatic rings. The van der Waals surface area contributed by atoms with Gasteiger partial charge in [-0.15, -0.1) is 0 Å². The Kier molecular flexibility index (Phi) is 13.1. The van der Waals surface area contributed by atoms with Crippen molar-refractivity contribution in [1.82, 2.24) is 0 Å². The molecule has 5 nitrogen and oxygen atoms in total. The van der Waals surface area contributed by atoms with Gasteiger partial charge in [0.2, 0.25) is 0 Å². The minimum atomic E-state index is -2.67. The molecule has 0 saturated carbocycles. The predicted octanol–water partition coefficient (Wildman–Crippen LogP) is 4.92. The summed E-state index contributed by atoms with van der Waals surface area (Å²) in [5.41, 5.74) is 0. The van der Waals surface area contributed by atoms with Crippen molar-refractivity contribution in [2.75, 3.05) is 39.6 Å². The fraction of sp³-hybridized carbons (Fsp3) is 1.00. The number of epoxide rings is 1. The molecule has 0 radical (unpaired) electrons. The molecule has 0 aromatic carbocycles. The topological polar surface area (TPSA) is 49.5 Å². The molecule has 0 bridgehead atoms. The molecule has 1 heterocycles. The standard InChI is InChI=1S/C21H44O5Si/c1-18(2)8-12-24-27(25-13-9-19(3)4,26-14-10-20(5)6)15-7-11-22-16-21-17-23-21/h18-21H,7-17H2,1-6H3. The van der Waals surface area contributed by atoms with Crippen LogP contribution in [0.4, 0.5) is 0 Å². The van der Waals surface area contributed by atoms with Crippen molar-refractivity contribution < 1.29 is 22.8 Å². The molecule has 0 amide bonds. The molecule has 1 saturated heterocycles. The molecule has 1 fully saturated rings. The zero-order chi connectivity index (χ0) is 20.1. The number of hydrogen-bond donors (Lipinski definition) is 0. The first-order chi connectivity index (χ1) is 12.8. The van der Waals surface area contributed by atoms with Crippen LogP contribution >= 0.6 is 0 Å². The van der Waals surface area contributed by atoms with E-state index in [1.54, 1.807) is 0 Å². The van der Waals surface area contributed by atoms with Gasteiger partial charge in [0.25, 0.3) is 0 Å². The number of rotatable bonds is 18. The molecule has 0 aromatic heterocycles. The average molecular weight is 405 g/mol. The summed E-state index contributed by atoms with van der Waals surface area (Å²) < 4.78 is 30.0. The monoisotopic (exact) mass is 404 g/mol. The van der Waals surface area contributed by atoms with Crippen LogP contribution in [0.2, 0.25) is 6.04 Å². The third-order valence-electron chi connectivity index (χ3n) is 4.53. The van der Waals surface area contributed by atoms with Gasteiger partial charge in [0.15, 0.2) is 0 Å². The Balaban J connectivity index is 2.56. The highest BCUT2D eigenvalue weighted by Gasteiger charge is 2.41. The lowest BCUT2D eigenvalue weighted by molar-refractivity contribution is 0.0460. The quantitative estimate of drug-likeness (QED) is 0.184. The van der Waals surface area contributed by atoms with Crippen molar-refractivity contribution in [1.29, 1.82) is 0 Å². The van der Waals surface area contributed by atoms with E-state index in [1.807, 2.05) is 0 Å². The Bertz CT molecular complexity index is 322. The molecule has 0 N–H and O–H groups in total. The van der Waals surface area contributed by atoms with Crippen molar-refractivity contribution in [3.05, 3.63) is 0 Å². The van der Waals surface area contributed by atoms with Crippen molar-refractivity contribution in [2.24, 2.45) is 17.8 Å². The minimum Gasteiger partial charge on any atom is -0.379 e. The highest BCUT2D eigenvalue weighted by Crippen LogP contribution is 2.22. The lowest BCUT2D eigenvalue weighted by atomic mass is 10.2. The highest BCUT2D eigenvalue weighted by atomic mass is 28.4. The highest BCUT2D eigenvalue weighted by molar-refractivity contribution is 6.60. The van der Waals surface area contributed by atoms with Crippen molar-refractivity contribution >= 4 is 8.80 Å². The smallest absolute Gasteiger partial charge is 0.379 e. The maximum atomic E-state index is 6.36. The van der Waals surface area contributed by atoms with Gasteiger partial charge in [0.1, 0.15) is 6.10 Å². The Labute approximate surface area is 168 Å². The summed E-state index contributed by atoms with van der Waals surface area (Å²) in [4.78, 5) is 0. The van der Waals surface area contributed by atoms with Gasteiger partial charge in [-0.2, -0.15) is 0 Å². The van der Waals surface area contributed by atoms with Crippen LogP contribution in [0.5, 0.6) is 0 Å². The third-order valence-corrected chi connectivity index (χ3v) is 7.43. The molecule has 162 valence electrons. The SMILES string of the molecule is CC(C)CCO[Si](CCCOCC1CO1)(OCCC(C)C)OCCC(C)C. The van der Waals surface area contributed by atoms with Crippen LogP contribution in [0, 0.1) is 17.8 Å². The largest absolute Gasteiger partial charge is 0.501 e. The molecule has 0 aromatic rings. The molecule has 0 aliphatic carbocycles. The zero-order valence-electron chi connectivity index (χ0n) is 18.6. The van der Waals surface area contributed by atoms with Gasteiger partial charge in [-0.05, 0) is 43.4 Å². The lowest BCUT2D eigenvalue weighted by Crippen LogP contribution is -2.47. The van der Waals surface area contributed by atoms with Crippen molar-refractivity contribution in [2.45, 2.75) is 79.4 Å².